The van der Waals surface area contributed by atoms with E-state index in [-0.39, 0.29) is 5.78 Å². The zero-order valence-electron chi connectivity index (χ0n) is 10.3. The van der Waals surface area contributed by atoms with E-state index >= 15 is 0 Å². The molecule has 0 saturated carbocycles. The standard InChI is InChI=1S/C12H13NO4S2/c1-7(14)8-4-9(19-5-8)10(15)13-12(11(16)17)2-3-18-6-12/h4-5H,2-3,6H2,1H3,(H,13,15)(H,16,17). The summed E-state index contributed by atoms with van der Waals surface area (Å²) in [6, 6.07) is 1.50. The fourth-order valence-electron chi connectivity index (χ4n) is 1.80. The van der Waals surface area contributed by atoms with Crippen molar-refractivity contribution in [1.29, 1.82) is 0 Å². The number of amides is 1. The summed E-state index contributed by atoms with van der Waals surface area (Å²) >= 11 is 2.66. The molecule has 1 atom stereocenters. The summed E-state index contributed by atoms with van der Waals surface area (Å²) in [5.41, 5.74) is -0.706. The van der Waals surface area contributed by atoms with Gasteiger partial charge < -0.3 is 10.4 Å². The molecule has 1 fully saturated rings. The van der Waals surface area contributed by atoms with Crippen LogP contribution < -0.4 is 5.32 Å². The summed E-state index contributed by atoms with van der Waals surface area (Å²) in [7, 11) is 0. The summed E-state index contributed by atoms with van der Waals surface area (Å²) in [6.45, 7) is 1.43. The van der Waals surface area contributed by atoms with Crippen molar-refractivity contribution >= 4 is 40.8 Å². The second-order valence-electron chi connectivity index (χ2n) is 4.40. The highest BCUT2D eigenvalue weighted by molar-refractivity contribution is 7.99. The highest BCUT2D eigenvalue weighted by Gasteiger charge is 2.43. The fourth-order valence-corrected chi connectivity index (χ4v) is 3.97. The second kappa shape index (κ2) is 5.34. The van der Waals surface area contributed by atoms with Crippen LogP contribution in [0.2, 0.25) is 0 Å². The summed E-state index contributed by atoms with van der Waals surface area (Å²) in [5.74, 6) is -0.453. The van der Waals surface area contributed by atoms with Crippen LogP contribution in [0.3, 0.4) is 0 Å². The average Bonchev–Trinajstić information content (AvgIpc) is 2.97. The van der Waals surface area contributed by atoms with Crippen molar-refractivity contribution in [2.75, 3.05) is 11.5 Å². The molecular weight excluding hydrogens is 286 g/mol. The number of Topliss-reactive ketones (excluding diaryl/α,β-unsaturated/α-hetero) is 1. The van der Waals surface area contributed by atoms with Crippen molar-refractivity contribution in [3.8, 4) is 0 Å². The van der Waals surface area contributed by atoms with Crippen LogP contribution in [0.25, 0.3) is 0 Å². The third-order valence-corrected chi connectivity index (χ3v) is 5.13. The summed E-state index contributed by atoms with van der Waals surface area (Å²) in [4.78, 5) is 34.9. The lowest BCUT2D eigenvalue weighted by Gasteiger charge is -2.24. The quantitative estimate of drug-likeness (QED) is 0.826. The molecule has 1 amide bonds. The Morgan fingerprint density at radius 1 is 1.42 bits per heavy atom. The topological polar surface area (TPSA) is 83.5 Å². The third kappa shape index (κ3) is 2.82. The largest absolute Gasteiger partial charge is 0.479 e. The van der Waals surface area contributed by atoms with Crippen LogP contribution in [0.15, 0.2) is 11.4 Å². The van der Waals surface area contributed by atoms with Gasteiger partial charge in [0.25, 0.3) is 5.91 Å². The molecule has 2 rings (SSSR count). The van der Waals surface area contributed by atoms with Gasteiger partial charge in [0.15, 0.2) is 5.78 Å². The molecule has 0 radical (unpaired) electrons. The lowest BCUT2D eigenvalue weighted by atomic mass is 9.99. The number of thiophene rings is 1. The molecule has 1 saturated heterocycles. The molecule has 5 nitrogen and oxygen atoms in total. The minimum Gasteiger partial charge on any atom is -0.479 e. The Bertz CT molecular complexity index is 532. The molecule has 2 heterocycles. The lowest BCUT2D eigenvalue weighted by Crippen LogP contribution is -2.54. The Morgan fingerprint density at radius 3 is 2.63 bits per heavy atom. The number of ketones is 1. The van der Waals surface area contributed by atoms with Crippen LogP contribution in [0.1, 0.15) is 33.4 Å². The normalized spacial score (nSPS) is 22.2. The second-order valence-corrected chi connectivity index (χ2v) is 6.42. The van der Waals surface area contributed by atoms with E-state index in [1.54, 1.807) is 5.38 Å². The predicted molar refractivity (Wildman–Crippen MR) is 74.1 cm³/mol. The van der Waals surface area contributed by atoms with Gasteiger partial charge >= 0.3 is 5.97 Å². The number of hydrogen-bond acceptors (Lipinski definition) is 5. The first kappa shape index (κ1) is 14.1. The SMILES string of the molecule is CC(=O)c1csc(C(=O)NC2(C(=O)O)CCSC2)c1. The minimum atomic E-state index is -1.18. The maximum Gasteiger partial charge on any atom is 0.330 e. The van der Waals surface area contributed by atoms with E-state index in [1.807, 2.05) is 0 Å². The van der Waals surface area contributed by atoms with E-state index in [0.29, 0.717) is 22.6 Å². The molecule has 1 aliphatic heterocycles. The Hall–Kier alpha value is -1.34. The summed E-state index contributed by atoms with van der Waals surface area (Å²) < 4.78 is 0. The first-order valence-electron chi connectivity index (χ1n) is 5.68. The van der Waals surface area contributed by atoms with Crippen LogP contribution in [0.4, 0.5) is 0 Å². The number of carbonyl (C=O) groups excluding carboxylic acids is 2. The molecule has 0 aromatic carbocycles. The molecule has 19 heavy (non-hydrogen) atoms. The first-order valence-corrected chi connectivity index (χ1v) is 7.71. The fraction of sp³-hybridized carbons (Fsp3) is 0.417. The smallest absolute Gasteiger partial charge is 0.330 e. The molecule has 102 valence electrons. The summed E-state index contributed by atoms with van der Waals surface area (Å²) in [6.07, 6.45) is 0.420. The molecule has 0 spiro atoms. The Morgan fingerprint density at radius 2 is 2.16 bits per heavy atom. The van der Waals surface area contributed by atoms with Crippen LogP contribution in [-0.4, -0.2) is 39.8 Å². The highest BCUT2D eigenvalue weighted by Crippen LogP contribution is 2.29. The maximum atomic E-state index is 12.1. The third-order valence-electron chi connectivity index (χ3n) is 3.01. The molecule has 2 N–H and O–H groups in total. The zero-order chi connectivity index (χ0) is 14.0. The van der Waals surface area contributed by atoms with Gasteiger partial charge in [0.05, 0.1) is 4.88 Å². The van der Waals surface area contributed by atoms with E-state index in [9.17, 15) is 19.5 Å². The van der Waals surface area contributed by atoms with E-state index in [4.69, 9.17) is 0 Å². The number of nitrogens with one attached hydrogen (secondary N) is 1. The molecule has 7 heteroatoms. The van der Waals surface area contributed by atoms with Crippen molar-refractivity contribution in [3.05, 3.63) is 21.9 Å². The monoisotopic (exact) mass is 299 g/mol. The molecule has 1 aromatic rings. The van der Waals surface area contributed by atoms with Crippen LogP contribution in [-0.2, 0) is 4.79 Å². The van der Waals surface area contributed by atoms with E-state index in [1.165, 1.54) is 24.8 Å². The number of carbonyl (C=O) groups is 3. The lowest BCUT2D eigenvalue weighted by molar-refractivity contribution is -0.143. The van der Waals surface area contributed by atoms with Gasteiger partial charge in [0, 0.05) is 16.7 Å². The van der Waals surface area contributed by atoms with Gasteiger partial charge in [-0.15, -0.1) is 11.3 Å². The molecule has 1 aromatic heterocycles. The number of hydrogen-bond donors (Lipinski definition) is 2. The Kier molecular flexibility index (Phi) is 3.96. The van der Waals surface area contributed by atoms with E-state index in [2.05, 4.69) is 5.32 Å². The van der Waals surface area contributed by atoms with Gasteiger partial charge in [-0.05, 0) is 25.2 Å². The number of rotatable bonds is 4. The minimum absolute atomic E-state index is 0.111. The highest BCUT2D eigenvalue weighted by atomic mass is 32.2. The maximum absolute atomic E-state index is 12.1. The number of thioether (sulfide) groups is 1. The Balaban J connectivity index is 2.15. The number of carboxylic acids is 1. The van der Waals surface area contributed by atoms with Gasteiger partial charge in [0.2, 0.25) is 0 Å². The molecule has 0 aliphatic carbocycles. The summed E-state index contributed by atoms with van der Waals surface area (Å²) in [5, 5.41) is 13.5. The molecule has 1 unspecified atom stereocenters. The van der Waals surface area contributed by atoms with Gasteiger partial charge in [-0.25, -0.2) is 4.79 Å². The number of aliphatic carboxylic acids is 1. The first-order chi connectivity index (χ1) is 8.94. The van der Waals surface area contributed by atoms with Crippen molar-refractivity contribution in [2.45, 2.75) is 18.9 Å². The van der Waals surface area contributed by atoms with Crippen LogP contribution >= 0.6 is 23.1 Å². The molecular formula is C12H13NO4S2. The van der Waals surface area contributed by atoms with Gasteiger partial charge in [-0.1, -0.05) is 0 Å². The zero-order valence-corrected chi connectivity index (χ0v) is 11.9. The van der Waals surface area contributed by atoms with Crippen molar-refractivity contribution in [2.24, 2.45) is 0 Å². The van der Waals surface area contributed by atoms with Crippen molar-refractivity contribution in [3.63, 3.8) is 0 Å². The van der Waals surface area contributed by atoms with Gasteiger partial charge in [0.1, 0.15) is 5.54 Å². The van der Waals surface area contributed by atoms with Gasteiger partial charge in [-0.2, -0.15) is 11.8 Å². The molecule has 1 aliphatic rings. The average molecular weight is 299 g/mol. The molecule has 0 bridgehead atoms. The van der Waals surface area contributed by atoms with Crippen molar-refractivity contribution < 1.29 is 19.5 Å². The predicted octanol–water partition coefficient (Wildman–Crippen LogP) is 1.64. The Labute approximate surface area is 118 Å². The van der Waals surface area contributed by atoms with E-state index in [0.717, 1.165) is 17.1 Å². The van der Waals surface area contributed by atoms with Crippen LogP contribution in [0, 0.1) is 0 Å². The van der Waals surface area contributed by atoms with Crippen LogP contribution in [0.5, 0.6) is 0 Å². The van der Waals surface area contributed by atoms with Gasteiger partial charge in [-0.3, -0.25) is 9.59 Å². The number of carboxylic acid groups (broad SMARTS) is 1. The van der Waals surface area contributed by atoms with Crippen molar-refractivity contribution in [1.82, 2.24) is 5.32 Å². The van der Waals surface area contributed by atoms with E-state index < -0.39 is 17.4 Å².